The maximum atomic E-state index is 12.7. The quantitative estimate of drug-likeness (QED) is 0.768. The SMILES string of the molecule is Cc1c(C(=O)N[C@@H]2CCO[C@@H]2c2ncn[nH]2)cnc2ccccc12. The minimum absolute atomic E-state index is 0.142. The number of hydrogen-bond acceptors (Lipinski definition) is 5. The fraction of sp³-hybridized carbons (Fsp3) is 0.294. The molecule has 1 aromatic carbocycles. The number of aryl methyl sites for hydroxylation is 1. The van der Waals surface area contributed by atoms with Crippen LogP contribution in [0.2, 0.25) is 0 Å². The molecular weight excluding hydrogens is 306 g/mol. The Labute approximate surface area is 138 Å². The first-order valence-electron chi connectivity index (χ1n) is 7.86. The van der Waals surface area contributed by atoms with Crippen LogP contribution in [0.15, 0.2) is 36.8 Å². The van der Waals surface area contributed by atoms with Gasteiger partial charge >= 0.3 is 0 Å². The Morgan fingerprint density at radius 1 is 1.33 bits per heavy atom. The minimum atomic E-state index is -0.301. The number of nitrogens with zero attached hydrogens (tertiary/aromatic N) is 3. The number of hydrogen-bond donors (Lipinski definition) is 2. The molecule has 3 aromatic rings. The number of nitrogens with one attached hydrogen (secondary N) is 2. The molecule has 7 nitrogen and oxygen atoms in total. The summed E-state index contributed by atoms with van der Waals surface area (Å²) in [6, 6.07) is 7.66. The Hall–Kier alpha value is -2.80. The van der Waals surface area contributed by atoms with E-state index in [9.17, 15) is 4.79 Å². The highest BCUT2D eigenvalue weighted by Crippen LogP contribution is 2.27. The van der Waals surface area contributed by atoms with Crippen LogP contribution in [0.1, 0.15) is 34.3 Å². The van der Waals surface area contributed by atoms with Gasteiger partial charge in [0.1, 0.15) is 12.4 Å². The summed E-state index contributed by atoms with van der Waals surface area (Å²) in [5.41, 5.74) is 2.39. The lowest BCUT2D eigenvalue weighted by molar-refractivity contribution is 0.0791. The maximum Gasteiger partial charge on any atom is 0.253 e. The Morgan fingerprint density at radius 2 is 2.21 bits per heavy atom. The van der Waals surface area contributed by atoms with Gasteiger partial charge in [0.05, 0.1) is 17.1 Å². The van der Waals surface area contributed by atoms with Crippen LogP contribution in [-0.2, 0) is 4.74 Å². The molecule has 2 aromatic heterocycles. The lowest BCUT2D eigenvalue weighted by atomic mass is 10.0. The van der Waals surface area contributed by atoms with E-state index in [1.165, 1.54) is 6.33 Å². The fourth-order valence-electron chi connectivity index (χ4n) is 3.11. The van der Waals surface area contributed by atoms with Crippen molar-refractivity contribution in [2.45, 2.75) is 25.5 Å². The molecule has 2 atom stereocenters. The van der Waals surface area contributed by atoms with Crippen LogP contribution >= 0.6 is 0 Å². The monoisotopic (exact) mass is 323 g/mol. The van der Waals surface area contributed by atoms with E-state index in [4.69, 9.17) is 4.74 Å². The highest BCUT2D eigenvalue weighted by molar-refractivity contribution is 6.00. The molecule has 0 radical (unpaired) electrons. The fourth-order valence-corrected chi connectivity index (χ4v) is 3.11. The van der Waals surface area contributed by atoms with Crippen molar-refractivity contribution >= 4 is 16.8 Å². The number of rotatable bonds is 3. The molecule has 122 valence electrons. The highest BCUT2D eigenvalue weighted by atomic mass is 16.5. The smallest absolute Gasteiger partial charge is 0.253 e. The summed E-state index contributed by atoms with van der Waals surface area (Å²) in [4.78, 5) is 21.2. The highest BCUT2D eigenvalue weighted by Gasteiger charge is 2.33. The number of ether oxygens (including phenoxy) is 1. The molecule has 1 aliphatic rings. The van der Waals surface area contributed by atoms with E-state index in [1.54, 1.807) is 6.20 Å². The van der Waals surface area contributed by atoms with Crippen LogP contribution in [0.4, 0.5) is 0 Å². The third-order valence-electron chi connectivity index (χ3n) is 4.40. The minimum Gasteiger partial charge on any atom is -0.368 e. The van der Waals surface area contributed by atoms with Gasteiger partial charge in [-0.15, -0.1) is 0 Å². The van der Waals surface area contributed by atoms with E-state index >= 15 is 0 Å². The lowest BCUT2D eigenvalue weighted by Gasteiger charge is -2.18. The van der Waals surface area contributed by atoms with E-state index in [0.717, 1.165) is 22.9 Å². The zero-order chi connectivity index (χ0) is 16.5. The number of benzene rings is 1. The van der Waals surface area contributed by atoms with Crippen molar-refractivity contribution < 1.29 is 9.53 Å². The first-order valence-corrected chi connectivity index (χ1v) is 7.86. The summed E-state index contributed by atoms with van der Waals surface area (Å²) in [6.45, 7) is 2.52. The zero-order valence-corrected chi connectivity index (χ0v) is 13.2. The Balaban J connectivity index is 1.59. The summed E-state index contributed by atoms with van der Waals surface area (Å²) in [7, 11) is 0. The molecule has 2 N–H and O–H groups in total. The molecule has 1 amide bonds. The first kappa shape index (κ1) is 14.8. The van der Waals surface area contributed by atoms with Gasteiger partial charge in [0.15, 0.2) is 5.82 Å². The normalized spacial score (nSPS) is 20.4. The van der Waals surface area contributed by atoms with Gasteiger partial charge in [-0.2, -0.15) is 5.10 Å². The Bertz CT molecular complexity index is 878. The number of carbonyl (C=O) groups is 1. The molecule has 1 saturated heterocycles. The number of pyridine rings is 1. The second-order valence-electron chi connectivity index (χ2n) is 5.84. The van der Waals surface area contributed by atoms with Crippen LogP contribution in [0.5, 0.6) is 0 Å². The molecule has 1 aliphatic heterocycles. The van der Waals surface area contributed by atoms with Gasteiger partial charge in [-0.1, -0.05) is 18.2 Å². The Kier molecular flexibility index (Phi) is 3.70. The van der Waals surface area contributed by atoms with E-state index in [2.05, 4.69) is 25.5 Å². The van der Waals surface area contributed by atoms with Gasteiger partial charge in [-0.25, -0.2) is 4.98 Å². The number of aromatic amines is 1. The van der Waals surface area contributed by atoms with Crippen LogP contribution in [0, 0.1) is 6.92 Å². The molecule has 7 heteroatoms. The summed E-state index contributed by atoms with van der Waals surface area (Å²) in [5, 5.41) is 10.7. The third-order valence-corrected chi connectivity index (χ3v) is 4.40. The molecule has 1 fully saturated rings. The maximum absolute atomic E-state index is 12.7. The second-order valence-corrected chi connectivity index (χ2v) is 5.84. The molecule has 0 aliphatic carbocycles. The molecule has 24 heavy (non-hydrogen) atoms. The number of carbonyl (C=O) groups excluding carboxylic acids is 1. The molecule has 3 heterocycles. The summed E-state index contributed by atoms with van der Waals surface area (Å²) < 4.78 is 5.68. The predicted octanol–water partition coefficient (Wildman–Crippen LogP) is 1.92. The van der Waals surface area contributed by atoms with Gasteiger partial charge in [-0.3, -0.25) is 14.9 Å². The van der Waals surface area contributed by atoms with E-state index in [1.807, 2.05) is 31.2 Å². The van der Waals surface area contributed by atoms with Gasteiger partial charge in [0, 0.05) is 18.2 Å². The molecule has 0 spiro atoms. The van der Waals surface area contributed by atoms with Gasteiger partial charge < -0.3 is 10.1 Å². The topological polar surface area (TPSA) is 92.8 Å². The third kappa shape index (κ3) is 2.52. The lowest BCUT2D eigenvalue weighted by Crippen LogP contribution is -2.37. The van der Waals surface area contributed by atoms with Crippen molar-refractivity contribution in [2.75, 3.05) is 6.61 Å². The molecular formula is C17H17N5O2. The summed E-state index contributed by atoms with van der Waals surface area (Å²) >= 11 is 0. The van der Waals surface area contributed by atoms with Gasteiger partial charge in [-0.05, 0) is 25.0 Å². The largest absolute Gasteiger partial charge is 0.368 e. The molecule has 4 rings (SSSR count). The van der Waals surface area contributed by atoms with Crippen LogP contribution in [0.3, 0.4) is 0 Å². The average molecular weight is 323 g/mol. The zero-order valence-electron chi connectivity index (χ0n) is 13.2. The van der Waals surface area contributed by atoms with Crippen molar-refractivity contribution in [1.29, 1.82) is 0 Å². The molecule has 0 saturated carbocycles. The first-order chi connectivity index (χ1) is 11.7. The Morgan fingerprint density at radius 3 is 3.04 bits per heavy atom. The number of fused-ring (bicyclic) bond motifs is 1. The van der Waals surface area contributed by atoms with E-state index in [0.29, 0.717) is 18.0 Å². The molecule has 0 bridgehead atoms. The van der Waals surface area contributed by atoms with E-state index < -0.39 is 0 Å². The van der Waals surface area contributed by atoms with Crippen molar-refractivity contribution in [1.82, 2.24) is 25.5 Å². The van der Waals surface area contributed by atoms with Gasteiger partial charge in [0.25, 0.3) is 5.91 Å². The number of H-pyrrole nitrogens is 1. The van der Waals surface area contributed by atoms with Crippen molar-refractivity contribution in [3.63, 3.8) is 0 Å². The summed E-state index contributed by atoms with van der Waals surface area (Å²) in [5.74, 6) is 0.483. The number of amides is 1. The van der Waals surface area contributed by atoms with Crippen LogP contribution < -0.4 is 5.32 Å². The van der Waals surface area contributed by atoms with Crippen molar-refractivity contribution in [2.24, 2.45) is 0 Å². The van der Waals surface area contributed by atoms with Crippen LogP contribution in [-0.4, -0.2) is 38.7 Å². The van der Waals surface area contributed by atoms with Gasteiger partial charge in [0.2, 0.25) is 0 Å². The predicted molar refractivity (Wildman–Crippen MR) is 87.4 cm³/mol. The summed E-state index contributed by atoms with van der Waals surface area (Å²) in [6.07, 6.45) is 3.50. The second kappa shape index (κ2) is 6.01. The average Bonchev–Trinajstić information content (AvgIpc) is 3.26. The van der Waals surface area contributed by atoms with Crippen molar-refractivity contribution in [3.05, 3.63) is 53.7 Å². The molecule has 0 unspecified atom stereocenters. The number of para-hydroxylation sites is 1. The van der Waals surface area contributed by atoms with Crippen molar-refractivity contribution in [3.8, 4) is 0 Å². The van der Waals surface area contributed by atoms with Crippen LogP contribution in [0.25, 0.3) is 10.9 Å². The van der Waals surface area contributed by atoms with E-state index in [-0.39, 0.29) is 18.1 Å². The number of aromatic nitrogens is 4. The standard InChI is InChI=1S/C17H17N5O2/c1-10-11-4-2-3-5-13(11)18-8-12(10)17(23)21-14-6-7-24-15(14)16-19-9-20-22-16/h2-5,8-9,14-15H,6-7H2,1H3,(H,21,23)(H,19,20,22)/t14-,15+/m1/s1.